The molecule has 0 bridgehead atoms. The summed E-state index contributed by atoms with van der Waals surface area (Å²) in [5.41, 5.74) is 7.36. The monoisotopic (exact) mass is 265 g/mol. The number of hydrogen-bond donors (Lipinski definition) is 1. The van der Waals surface area contributed by atoms with Gasteiger partial charge < -0.3 is 5.73 Å². The van der Waals surface area contributed by atoms with E-state index < -0.39 is 0 Å². The van der Waals surface area contributed by atoms with Crippen molar-refractivity contribution in [1.82, 2.24) is 19.9 Å². The molecule has 1 aromatic carbocycles. The number of aromatic nitrogens is 3. The van der Waals surface area contributed by atoms with Gasteiger partial charge in [0, 0.05) is 24.7 Å². The molecule has 2 N–H and O–H groups in total. The average Bonchev–Trinajstić information content (AvgIpc) is 2.78. The molecule has 0 saturated heterocycles. The molecule has 0 unspecified atom stereocenters. The van der Waals surface area contributed by atoms with Gasteiger partial charge in [0.05, 0.1) is 17.6 Å². The van der Waals surface area contributed by atoms with E-state index in [9.17, 15) is 0 Å². The number of hydrogen-bond acceptors (Lipinski definition) is 4. The summed E-state index contributed by atoms with van der Waals surface area (Å²) in [5.74, 6) is 0. The molecule has 0 saturated carbocycles. The molecule has 0 radical (unpaired) electrons. The number of nitrogens with zero attached hydrogens (tertiary/aromatic N) is 4. The van der Waals surface area contributed by atoms with Crippen LogP contribution in [0.1, 0.15) is 5.69 Å². The molecule has 0 spiro atoms. The topological polar surface area (TPSA) is 60.0 Å². The Morgan fingerprint density at radius 2 is 2.06 bits per heavy atom. The summed E-state index contributed by atoms with van der Waals surface area (Å²) in [7, 11) is 2.01. The van der Waals surface area contributed by atoms with Crippen LogP contribution in [0.3, 0.4) is 0 Å². The smallest absolute Gasteiger partial charge is 0.0971 e. The Labute approximate surface area is 111 Å². The Kier molecular flexibility index (Phi) is 4.30. The second-order valence-corrected chi connectivity index (χ2v) is 4.59. The summed E-state index contributed by atoms with van der Waals surface area (Å²) >= 11 is 5.84. The van der Waals surface area contributed by atoms with Crippen LogP contribution in [-0.4, -0.2) is 40.0 Å². The van der Waals surface area contributed by atoms with Gasteiger partial charge in [-0.15, -0.1) is 5.10 Å². The lowest BCUT2D eigenvalue weighted by Gasteiger charge is -2.12. The van der Waals surface area contributed by atoms with Crippen molar-refractivity contribution in [3.05, 3.63) is 41.2 Å². The fourth-order valence-corrected chi connectivity index (χ4v) is 1.79. The molecule has 5 nitrogen and oxygen atoms in total. The van der Waals surface area contributed by atoms with Gasteiger partial charge in [-0.1, -0.05) is 16.8 Å². The van der Waals surface area contributed by atoms with E-state index in [1.54, 1.807) is 4.68 Å². The van der Waals surface area contributed by atoms with Gasteiger partial charge >= 0.3 is 0 Å². The summed E-state index contributed by atoms with van der Waals surface area (Å²) < 4.78 is 1.74. The molecule has 0 aliphatic carbocycles. The van der Waals surface area contributed by atoms with Gasteiger partial charge in [-0.2, -0.15) is 0 Å². The highest BCUT2D eigenvalue weighted by atomic mass is 35.5. The summed E-state index contributed by atoms with van der Waals surface area (Å²) in [6, 6.07) is 7.48. The first-order valence-electron chi connectivity index (χ1n) is 5.75. The molecule has 1 aromatic heterocycles. The second kappa shape index (κ2) is 5.95. The van der Waals surface area contributed by atoms with E-state index in [-0.39, 0.29) is 0 Å². The molecular weight excluding hydrogens is 250 g/mol. The van der Waals surface area contributed by atoms with E-state index in [0.717, 1.165) is 24.5 Å². The first-order chi connectivity index (χ1) is 8.69. The maximum atomic E-state index is 5.84. The van der Waals surface area contributed by atoms with E-state index >= 15 is 0 Å². The predicted octanol–water partition coefficient (Wildman–Crippen LogP) is 1.31. The second-order valence-electron chi connectivity index (χ2n) is 4.16. The highest BCUT2D eigenvalue weighted by Crippen LogP contribution is 2.12. The quantitative estimate of drug-likeness (QED) is 0.886. The third kappa shape index (κ3) is 3.29. The van der Waals surface area contributed by atoms with E-state index in [0.29, 0.717) is 11.6 Å². The van der Waals surface area contributed by atoms with Crippen molar-refractivity contribution in [3.8, 4) is 5.69 Å². The Balaban J connectivity index is 2.08. The first kappa shape index (κ1) is 13.0. The zero-order chi connectivity index (χ0) is 13.0. The zero-order valence-electron chi connectivity index (χ0n) is 10.3. The standard InChI is InChI=1S/C12H16ClN5/c1-17(7-6-14)8-11-9-18(16-15-11)12-4-2-10(13)3-5-12/h2-5,9H,6-8,14H2,1H3. The summed E-state index contributed by atoms with van der Waals surface area (Å²) in [4.78, 5) is 2.11. The van der Waals surface area contributed by atoms with E-state index in [2.05, 4.69) is 15.2 Å². The lowest BCUT2D eigenvalue weighted by Crippen LogP contribution is -2.25. The van der Waals surface area contributed by atoms with Crippen LogP contribution in [0.5, 0.6) is 0 Å². The molecular formula is C12H16ClN5. The van der Waals surface area contributed by atoms with Crippen molar-refractivity contribution >= 4 is 11.6 Å². The van der Waals surface area contributed by atoms with Crippen LogP contribution < -0.4 is 5.73 Å². The van der Waals surface area contributed by atoms with Gasteiger partial charge in [0.15, 0.2) is 0 Å². The highest BCUT2D eigenvalue weighted by molar-refractivity contribution is 6.30. The van der Waals surface area contributed by atoms with Crippen LogP contribution in [0.2, 0.25) is 5.02 Å². The molecule has 0 aliphatic heterocycles. The van der Waals surface area contributed by atoms with Gasteiger partial charge in [-0.25, -0.2) is 4.68 Å². The van der Waals surface area contributed by atoms with Crippen molar-refractivity contribution in [2.45, 2.75) is 6.54 Å². The number of halogens is 1. The van der Waals surface area contributed by atoms with Gasteiger partial charge in [-0.3, -0.25) is 4.90 Å². The van der Waals surface area contributed by atoms with Crippen LogP contribution in [0.15, 0.2) is 30.5 Å². The van der Waals surface area contributed by atoms with Crippen LogP contribution in [0.25, 0.3) is 5.69 Å². The third-order valence-electron chi connectivity index (χ3n) is 2.57. The molecule has 2 rings (SSSR count). The fraction of sp³-hybridized carbons (Fsp3) is 0.333. The predicted molar refractivity (Wildman–Crippen MR) is 71.8 cm³/mol. The Hall–Kier alpha value is -1.43. The SMILES string of the molecule is CN(CCN)Cc1cn(-c2ccc(Cl)cc2)nn1. The van der Waals surface area contributed by atoms with Gasteiger partial charge in [0.2, 0.25) is 0 Å². The third-order valence-corrected chi connectivity index (χ3v) is 2.83. The maximum absolute atomic E-state index is 5.84. The summed E-state index contributed by atoms with van der Waals surface area (Å²) in [6.45, 7) is 2.22. The van der Waals surface area contributed by atoms with Crippen molar-refractivity contribution in [2.24, 2.45) is 5.73 Å². The fourth-order valence-electron chi connectivity index (χ4n) is 1.67. The maximum Gasteiger partial charge on any atom is 0.0971 e. The molecule has 18 heavy (non-hydrogen) atoms. The van der Waals surface area contributed by atoms with Crippen molar-refractivity contribution < 1.29 is 0 Å². The molecule has 6 heteroatoms. The highest BCUT2D eigenvalue weighted by Gasteiger charge is 2.05. The van der Waals surface area contributed by atoms with Gasteiger partial charge in [0.1, 0.15) is 0 Å². The largest absolute Gasteiger partial charge is 0.329 e. The minimum absolute atomic E-state index is 0.641. The Bertz CT molecular complexity index is 493. The minimum Gasteiger partial charge on any atom is -0.329 e. The lowest BCUT2D eigenvalue weighted by atomic mass is 10.3. The molecule has 0 aliphatic rings. The Morgan fingerprint density at radius 1 is 1.33 bits per heavy atom. The van der Waals surface area contributed by atoms with Gasteiger partial charge in [-0.05, 0) is 31.3 Å². The minimum atomic E-state index is 0.641. The normalized spacial score (nSPS) is 11.1. The molecule has 0 amide bonds. The van der Waals surface area contributed by atoms with E-state index in [1.807, 2.05) is 37.5 Å². The van der Waals surface area contributed by atoms with Crippen molar-refractivity contribution in [3.63, 3.8) is 0 Å². The lowest BCUT2D eigenvalue weighted by molar-refractivity contribution is 0.332. The number of likely N-dealkylation sites (N-methyl/N-ethyl adjacent to an activating group) is 1. The van der Waals surface area contributed by atoms with Crippen LogP contribution in [0.4, 0.5) is 0 Å². The number of rotatable bonds is 5. The molecule has 2 aromatic rings. The summed E-state index contributed by atoms with van der Waals surface area (Å²) in [6.07, 6.45) is 1.91. The van der Waals surface area contributed by atoms with Crippen molar-refractivity contribution in [2.75, 3.05) is 20.1 Å². The summed E-state index contributed by atoms with van der Waals surface area (Å²) in [5, 5.41) is 8.94. The van der Waals surface area contributed by atoms with Crippen LogP contribution >= 0.6 is 11.6 Å². The van der Waals surface area contributed by atoms with E-state index in [4.69, 9.17) is 17.3 Å². The molecule has 0 atom stereocenters. The first-order valence-corrected chi connectivity index (χ1v) is 6.12. The van der Waals surface area contributed by atoms with Crippen LogP contribution in [-0.2, 0) is 6.54 Å². The number of nitrogens with two attached hydrogens (primary N) is 1. The zero-order valence-corrected chi connectivity index (χ0v) is 11.0. The molecule has 96 valence electrons. The average molecular weight is 266 g/mol. The molecule has 1 heterocycles. The van der Waals surface area contributed by atoms with Crippen molar-refractivity contribution in [1.29, 1.82) is 0 Å². The van der Waals surface area contributed by atoms with Crippen LogP contribution in [0, 0.1) is 0 Å². The number of benzene rings is 1. The van der Waals surface area contributed by atoms with Gasteiger partial charge in [0.25, 0.3) is 0 Å². The van der Waals surface area contributed by atoms with E-state index in [1.165, 1.54) is 0 Å². The molecule has 0 fully saturated rings. The Morgan fingerprint density at radius 3 is 2.72 bits per heavy atom.